The summed E-state index contributed by atoms with van der Waals surface area (Å²) >= 11 is 1.86. The van der Waals surface area contributed by atoms with Crippen molar-refractivity contribution in [1.82, 2.24) is 5.32 Å². The third kappa shape index (κ3) is 4.88. The Kier molecular flexibility index (Phi) is 6.22. The predicted molar refractivity (Wildman–Crippen MR) is 73.9 cm³/mol. The van der Waals surface area contributed by atoms with E-state index in [0.29, 0.717) is 18.2 Å². The van der Waals surface area contributed by atoms with Crippen molar-refractivity contribution in [3.8, 4) is 11.5 Å². The molecule has 0 amide bonds. The maximum absolute atomic E-state index is 9.70. The molecule has 1 aromatic rings. The second-order valence-corrected chi connectivity index (χ2v) is 5.10. The number of thioether (sulfide) groups is 1. The zero-order valence-corrected chi connectivity index (χ0v) is 11.5. The van der Waals surface area contributed by atoms with E-state index in [4.69, 9.17) is 4.74 Å². The van der Waals surface area contributed by atoms with Crippen LogP contribution in [0, 0.1) is 5.92 Å². The first-order valence-electron chi connectivity index (χ1n) is 5.73. The van der Waals surface area contributed by atoms with Crippen molar-refractivity contribution < 1.29 is 9.84 Å². The van der Waals surface area contributed by atoms with Crippen LogP contribution >= 0.6 is 11.8 Å². The van der Waals surface area contributed by atoms with Crippen LogP contribution in [-0.2, 0) is 6.54 Å². The minimum absolute atomic E-state index is 0.316. The fraction of sp³-hybridized carbons (Fsp3) is 0.538. The van der Waals surface area contributed by atoms with Gasteiger partial charge in [-0.05, 0) is 42.7 Å². The Bertz CT molecular complexity index is 344. The van der Waals surface area contributed by atoms with Crippen LogP contribution in [-0.4, -0.2) is 30.8 Å². The second-order valence-electron chi connectivity index (χ2n) is 4.19. The molecular weight excluding hydrogens is 234 g/mol. The van der Waals surface area contributed by atoms with E-state index in [1.165, 1.54) is 0 Å². The van der Waals surface area contributed by atoms with Gasteiger partial charge < -0.3 is 15.2 Å². The van der Waals surface area contributed by atoms with Crippen molar-refractivity contribution in [3.63, 3.8) is 0 Å². The zero-order valence-electron chi connectivity index (χ0n) is 10.7. The van der Waals surface area contributed by atoms with Crippen molar-refractivity contribution in [3.05, 3.63) is 23.8 Å². The smallest absolute Gasteiger partial charge is 0.120 e. The highest BCUT2D eigenvalue weighted by Gasteiger charge is 2.04. The van der Waals surface area contributed by atoms with E-state index < -0.39 is 0 Å². The van der Waals surface area contributed by atoms with Crippen LogP contribution in [0.25, 0.3) is 0 Å². The number of hydrogen-bond acceptors (Lipinski definition) is 4. The molecule has 0 aromatic heterocycles. The molecule has 0 spiro atoms. The van der Waals surface area contributed by atoms with Crippen LogP contribution in [0.5, 0.6) is 11.5 Å². The van der Waals surface area contributed by atoms with Crippen molar-refractivity contribution in [2.24, 2.45) is 5.92 Å². The first-order chi connectivity index (χ1) is 8.17. The molecule has 4 heteroatoms. The maximum atomic E-state index is 9.70. The fourth-order valence-electron chi connectivity index (χ4n) is 1.63. The number of hydrogen-bond donors (Lipinski definition) is 2. The molecule has 96 valence electrons. The second kappa shape index (κ2) is 7.45. The average Bonchev–Trinajstić information content (AvgIpc) is 2.32. The first-order valence-corrected chi connectivity index (χ1v) is 7.12. The topological polar surface area (TPSA) is 41.5 Å². The summed E-state index contributed by atoms with van der Waals surface area (Å²) in [6.45, 7) is 3.84. The summed E-state index contributed by atoms with van der Waals surface area (Å²) in [5, 5.41) is 13.0. The third-order valence-electron chi connectivity index (χ3n) is 2.55. The van der Waals surface area contributed by atoms with Gasteiger partial charge in [-0.2, -0.15) is 11.8 Å². The largest absolute Gasteiger partial charge is 0.508 e. The van der Waals surface area contributed by atoms with Crippen molar-refractivity contribution >= 4 is 11.8 Å². The minimum atomic E-state index is 0.316. The molecule has 0 fully saturated rings. The van der Waals surface area contributed by atoms with Gasteiger partial charge in [-0.15, -0.1) is 0 Å². The molecule has 0 saturated heterocycles. The van der Waals surface area contributed by atoms with E-state index >= 15 is 0 Å². The molecule has 1 rings (SSSR count). The van der Waals surface area contributed by atoms with Crippen molar-refractivity contribution in [2.75, 3.05) is 25.7 Å². The predicted octanol–water partition coefficient (Wildman–Crippen LogP) is 2.49. The minimum Gasteiger partial charge on any atom is -0.508 e. The summed E-state index contributed by atoms with van der Waals surface area (Å²) in [6, 6.07) is 5.29. The number of rotatable bonds is 7. The van der Waals surface area contributed by atoms with Gasteiger partial charge in [-0.25, -0.2) is 0 Å². The molecule has 2 N–H and O–H groups in total. The summed E-state index contributed by atoms with van der Waals surface area (Å²) in [7, 11) is 1.63. The third-order valence-corrected chi connectivity index (χ3v) is 3.45. The van der Waals surface area contributed by atoms with Gasteiger partial charge in [0, 0.05) is 12.1 Å². The normalized spacial score (nSPS) is 12.4. The van der Waals surface area contributed by atoms with Gasteiger partial charge in [-0.3, -0.25) is 0 Å². The molecule has 0 radical (unpaired) electrons. The summed E-state index contributed by atoms with van der Waals surface area (Å²) in [5.74, 6) is 2.88. The van der Waals surface area contributed by atoms with E-state index in [9.17, 15) is 5.11 Å². The number of phenolic OH excluding ortho intramolecular Hbond substituents is 1. The van der Waals surface area contributed by atoms with Crippen molar-refractivity contribution in [2.45, 2.75) is 13.5 Å². The van der Waals surface area contributed by atoms with Crippen LogP contribution in [0.15, 0.2) is 18.2 Å². The molecule has 0 aliphatic carbocycles. The Morgan fingerprint density at radius 1 is 1.47 bits per heavy atom. The summed E-state index contributed by atoms with van der Waals surface area (Å²) in [5.41, 5.74) is 0.876. The van der Waals surface area contributed by atoms with E-state index in [-0.39, 0.29) is 0 Å². The lowest BCUT2D eigenvalue weighted by Gasteiger charge is -2.12. The Morgan fingerprint density at radius 2 is 2.24 bits per heavy atom. The SMILES string of the molecule is COc1ccc(O)c(CNCC(C)CSC)c1. The Balaban J connectivity index is 2.45. The van der Waals surface area contributed by atoms with Crippen LogP contribution in [0.3, 0.4) is 0 Å². The molecule has 0 heterocycles. The highest BCUT2D eigenvalue weighted by Crippen LogP contribution is 2.22. The van der Waals surface area contributed by atoms with Crippen LogP contribution in [0.1, 0.15) is 12.5 Å². The maximum Gasteiger partial charge on any atom is 0.120 e. The molecule has 17 heavy (non-hydrogen) atoms. The number of methoxy groups -OCH3 is 1. The lowest BCUT2D eigenvalue weighted by molar-refractivity contribution is 0.409. The molecule has 3 nitrogen and oxygen atoms in total. The monoisotopic (exact) mass is 255 g/mol. The molecule has 0 saturated carbocycles. The lowest BCUT2D eigenvalue weighted by atomic mass is 10.1. The Labute approximate surface area is 108 Å². The summed E-state index contributed by atoms with van der Waals surface area (Å²) < 4.78 is 5.13. The van der Waals surface area contributed by atoms with Crippen LogP contribution in [0.4, 0.5) is 0 Å². The lowest BCUT2D eigenvalue weighted by Crippen LogP contribution is -2.22. The number of benzene rings is 1. The molecule has 1 aromatic carbocycles. The molecule has 0 aliphatic rings. The number of phenols is 1. The Morgan fingerprint density at radius 3 is 2.88 bits per heavy atom. The Hall–Kier alpha value is -0.870. The van der Waals surface area contributed by atoms with Gasteiger partial charge in [0.15, 0.2) is 0 Å². The molecule has 1 unspecified atom stereocenters. The van der Waals surface area contributed by atoms with E-state index in [2.05, 4.69) is 18.5 Å². The van der Waals surface area contributed by atoms with Gasteiger partial charge in [0.2, 0.25) is 0 Å². The highest BCUT2D eigenvalue weighted by atomic mass is 32.2. The van der Waals surface area contributed by atoms with Crippen LogP contribution < -0.4 is 10.1 Å². The molecule has 1 atom stereocenters. The molecule has 0 bridgehead atoms. The number of ether oxygens (including phenoxy) is 1. The first kappa shape index (κ1) is 14.2. The molecule has 0 aliphatic heterocycles. The zero-order chi connectivity index (χ0) is 12.7. The summed E-state index contributed by atoms with van der Waals surface area (Å²) in [6.07, 6.45) is 2.12. The quantitative estimate of drug-likeness (QED) is 0.785. The van der Waals surface area contributed by atoms with E-state index in [0.717, 1.165) is 23.6 Å². The van der Waals surface area contributed by atoms with E-state index in [1.807, 2.05) is 17.8 Å². The fourth-order valence-corrected chi connectivity index (χ4v) is 2.31. The standard InChI is InChI=1S/C13H21NO2S/c1-10(9-17-3)7-14-8-11-6-12(16-2)4-5-13(11)15/h4-6,10,14-15H,7-9H2,1-3H3. The van der Waals surface area contributed by atoms with Crippen LogP contribution in [0.2, 0.25) is 0 Å². The average molecular weight is 255 g/mol. The van der Waals surface area contributed by atoms with Crippen molar-refractivity contribution in [1.29, 1.82) is 0 Å². The van der Waals surface area contributed by atoms with Gasteiger partial charge in [0.1, 0.15) is 11.5 Å². The van der Waals surface area contributed by atoms with E-state index in [1.54, 1.807) is 19.2 Å². The molecular formula is C13H21NO2S. The number of nitrogens with one attached hydrogen (secondary N) is 1. The van der Waals surface area contributed by atoms with Gasteiger partial charge in [-0.1, -0.05) is 6.92 Å². The van der Waals surface area contributed by atoms with Gasteiger partial charge >= 0.3 is 0 Å². The van der Waals surface area contributed by atoms with Gasteiger partial charge in [0.25, 0.3) is 0 Å². The summed E-state index contributed by atoms with van der Waals surface area (Å²) in [4.78, 5) is 0. The van der Waals surface area contributed by atoms with Gasteiger partial charge in [0.05, 0.1) is 7.11 Å². The number of aromatic hydroxyl groups is 1. The highest BCUT2D eigenvalue weighted by molar-refractivity contribution is 7.98.